The van der Waals surface area contributed by atoms with E-state index in [1.807, 2.05) is 31.2 Å². The zero-order chi connectivity index (χ0) is 26.9. The average molecular weight is 536 g/mol. The molecule has 0 aliphatic carbocycles. The number of hydrogen-bond donors (Lipinski definition) is 2. The average Bonchev–Trinajstić information content (AvgIpc) is 3.26. The molecular formula is C28H29N3O6S. The molecule has 2 N–H and O–H groups in total. The fraction of sp³-hybridized carbons (Fsp3) is 0.357. The van der Waals surface area contributed by atoms with Gasteiger partial charge in [0, 0.05) is 42.6 Å². The Morgan fingerprint density at radius 3 is 2.63 bits per heavy atom. The lowest BCUT2D eigenvalue weighted by atomic mass is 9.82. The molecule has 38 heavy (non-hydrogen) atoms. The van der Waals surface area contributed by atoms with Crippen molar-refractivity contribution in [3.05, 3.63) is 59.2 Å². The van der Waals surface area contributed by atoms with Gasteiger partial charge in [-0.1, -0.05) is 24.3 Å². The summed E-state index contributed by atoms with van der Waals surface area (Å²) in [5.74, 6) is -0.0497. The normalized spacial score (nSPS) is 16.1. The molecule has 0 saturated carbocycles. The number of ketones is 1. The first-order chi connectivity index (χ1) is 18.3. The van der Waals surface area contributed by atoms with E-state index in [4.69, 9.17) is 9.47 Å². The predicted molar refractivity (Wildman–Crippen MR) is 144 cm³/mol. The Morgan fingerprint density at radius 2 is 1.89 bits per heavy atom. The smallest absolute Gasteiger partial charge is 0.319 e. The van der Waals surface area contributed by atoms with Crippen LogP contribution in [0.4, 0.5) is 9.80 Å². The Morgan fingerprint density at radius 1 is 1.13 bits per heavy atom. The number of carbonyl (C=O) groups excluding carboxylic acids is 4. The molecule has 198 valence electrons. The fourth-order valence-corrected chi connectivity index (χ4v) is 6.19. The summed E-state index contributed by atoms with van der Waals surface area (Å²) in [7, 11) is 1.33. The van der Waals surface area contributed by atoms with Crippen LogP contribution >= 0.6 is 11.3 Å². The summed E-state index contributed by atoms with van der Waals surface area (Å²) in [5.41, 5.74) is 0.978. The molecule has 0 bridgehead atoms. The highest BCUT2D eigenvalue weighted by atomic mass is 32.1. The van der Waals surface area contributed by atoms with Crippen LogP contribution in [-0.2, 0) is 16.0 Å². The monoisotopic (exact) mass is 535 g/mol. The molecule has 2 aromatic carbocycles. The van der Waals surface area contributed by atoms with Gasteiger partial charge in [-0.25, -0.2) is 4.79 Å². The molecule has 1 fully saturated rings. The number of rotatable bonds is 5. The molecule has 1 spiro atoms. The molecule has 0 unspecified atom stereocenters. The Labute approximate surface area is 224 Å². The van der Waals surface area contributed by atoms with E-state index in [-0.39, 0.29) is 36.5 Å². The second-order valence-electron chi connectivity index (χ2n) is 9.55. The maximum atomic E-state index is 13.7. The van der Waals surface area contributed by atoms with Crippen LogP contribution in [0.1, 0.15) is 52.5 Å². The predicted octanol–water partition coefficient (Wildman–Crippen LogP) is 4.40. The van der Waals surface area contributed by atoms with Crippen molar-refractivity contribution in [2.24, 2.45) is 0 Å². The van der Waals surface area contributed by atoms with Gasteiger partial charge >= 0.3 is 12.0 Å². The lowest BCUT2D eigenvalue weighted by Crippen LogP contribution is -2.52. The van der Waals surface area contributed by atoms with Gasteiger partial charge in [-0.15, -0.1) is 11.3 Å². The first-order valence-electron chi connectivity index (χ1n) is 12.6. The number of anilines is 1. The summed E-state index contributed by atoms with van der Waals surface area (Å²) < 4.78 is 12.0. The number of ether oxygens (including phenoxy) is 2. The van der Waals surface area contributed by atoms with Crippen molar-refractivity contribution in [3.8, 4) is 5.75 Å². The second kappa shape index (κ2) is 10.4. The molecule has 2 aliphatic rings. The third-order valence-corrected chi connectivity index (χ3v) is 8.15. The Kier molecular flexibility index (Phi) is 7.07. The number of likely N-dealkylation sites (tertiary alicyclic amines) is 1. The maximum Gasteiger partial charge on any atom is 0.319 e. The quantitative estimate of drug-likeness (QED) is 0.468. The van der Waals surface area contributed by atoms with E-state index >= 15 is 0 Å². The number of carbonyl (C=O) groups is 4. The van der Waals surface area contributed by atoms with E-state index in [0.29, 0.717) is 59.9 Å². The van der Waals surface area contributed by atoms with Crippen LogP contribution in [0.2, 0.25) is 0 Å². The zero-order valence-electron chi connectivity index (χ0n) is 21.3. The van der Waals surface area contributed by atoms with Gasteiger partial charge in [0.05, 0.1) is 31.1 Å². The molecule has 2 aliphatic heterocycles. The molecule has 0 radical (unpaired) electrons. The first-order valence-corrected chi connectivity index (χ1v) is 13.4. The molecule has 0 atom stereocenters. The number of fused-ring (bicyclic) bond motifs is 2. The summed E-state index contributed by atoms with van der Waals surface area (Å²) in [6, 6.07) is 12.5. The van der Waals surface area contributed by atoms with E-state index in [1.165, 1.54) is 18.4 Å². The summed E-state index contributed by atoms with van der Waals surface area (Å²) in [5, 5.41) is 6.87. The van der Waals surface area contributed by atoms with E-state index < -0.39 is 5.60 Å². The SMILES string of the molecule is CCNC(=O)Nc1sc2ccccc2c1C(=O)N1CCC2(CC1)CC(=O)c1cc(CC(=O)OC)ccc1O2. The van der Waals surface area contributed by atoms with Crippen LogP contribution in [0.3, 0.4) is 0 Å². The number of methoxy groups -OCH3 is 1. The third kappa shape index (κ3) is 4.96. The van der Waals surface area contributed by atoms with Gasteiger partial charge in [0.15, 0.2) is 5.78 Å². The molecule has 5 rings (SSSR count). The Balaban J connectivity index is 1.33. The lowest BCUT2D eigenvalue weighted by Gasteiger charge is -2.44. The molecule has 1 aromatic heterocycles. The third-order valence-electron chi connectivity index (χ3n) is 7.07. The summed E-state index contributed by atoms with van der Waals surface area (Å²) in [4.78, 5) is 52.5. The van der Waals surface area contributed by atoms with Gasteiger partial charge in [0.1, 0.15) is 16.4 Å². The van der Waals surface area contributed by atoms with Crippen molar-refractivity contribution in [1.29, 1.82) is 0 Å². The molecule has 3 aromatic rings. The first kappa shape index (κ1) is 25.7. The number of hydrogen-bond acceptors (Lipinski definition) is 7. The van der Waals surface area contributed by atoms with Crippen LogP contribution in [0.25, 0.3) is 10.1 Å². The fourth-order valence-electron chi connectivity index (χ4n) is 5.10. The maximum absolute atomic E-state index is 13.7. The topological polar surface area (TPSA) is 114 Å². The number of piperidine rings is 1. The van der Waals surface area contributed by atoms with E-state index in [0.717, 1.165) is 10.1 Å². The van der Waals surface area contributed by atoms with Gasteiger partial charge in [0.2, 0.25) is 0 Å². The number of Topliss-reactive ketones (excluding diaryl/α,β-unsaturated/α-hetero) is 1. The number of urea groups is 1. The van der Waals surface area contributed by atoms with Crippen LogP contribution < -0.4 is 15.4 Å². The van der Waals surface area contributed by atoms with Gasteiger partial charge in [-0.2, -0.15) is 0 Å². The lowest BCUT2D eigenvalue weighted by molar-refractivity contribution is -0.139. The van der Waals surface area contributed by atoms with Crippen molar-refractivity contribution in [3.63, 3.8) is 0 Å². The number of amides is 3. The van der Waals surface area contributed by atoms with Crippen LogP contribution in [0.5, 0.6) is 5.75 Å². The second-order valence-corrected chi connectivity index (χ2v) is 10.6. The van der Waals surface area contributed by atoms with E-state index in [9.17, 15) is 19.2 Å². The van der Waals surface area contributed by atoms with Crippen molar-refractivity contribution < 1.29 is 28.7 Å². The van der Waals surface area contributed by atoms with Crippen LogP contribution in [-0.4, -0.2) is 60.9 Å². The summed E-state index contributed by atoms with van der Waals surface area (Å²) in [6.45, 7) is 3.15. The number of esters is 1. The molecule has 10 heteroatoms. The standard InChI is InChI=1S/C28H29N3O6S/c1-3-29-27(35)30-25-24(18-6-4-5-7-22(18)38-25)26(34)31-12-10-28(11-13-31)16-20(32)19-14-17(15-23(33)36-2)8-9-21(19)37-28/h4-9,14H,3,10-13,15-16H2,1-2H3,(H2,29,30,35). The Hall–Kier alpha value is -3.92. The minimum absolute atomic E-state index is 0.0324. The summed E-state index contributed by atoms with van der Waals surface area (Å²) in [6.07, 6.45) is 1.33. The summed E-state index contributed by atoms with van der Waals surface area (Å²) >= 11 is 1.37. The van der Waals surface area contributed by atoms with E-state index in [1.54, 1.807) is 23.1 Å². The van der Waals surface area contributed by atoms with Gasteiger partial charge in [-0.05, 0) is 30.7 Å². The van der Waals surface area contributed by atoms with Crippen LogP contribution in [0.15, 0.2) is 42.5 Å². The van der Waals surface area contributed by atoms with Crippen molar-refractivity contribution in [2.75, 3.05) is 32.1 Å². The van der Waals surface area contributed by atoms with E-state index in [2.05, 4.69) is 10.6 Å². The minimum Gasteiger partial charge on any atom is -0.486 e. The van der Waals surface area contributed by atoms with Gasteiger partial charge in [-0.3, -0.25) is 19.7 Å². The van der Waals surface area contributed by atoms with Gasteiger partial charge < -0.3 is 19.7 Å². The number of benzene rings is 2. The highest BCUT2D eigenvalue weighted by Gasteiger charge is 2.44. The number of nitrogens with zero attached hydrogens (tertiary/aromatic N) is 1. The molecule has 9 nitrogen and oxygen atoms in total. The molecule has 3 heterocycles. The van der Waals surface area contributed by atoms with Crippen molar-refractivity contribution in [1.82, 2.24) is 10.2 Å². The highest BCUT2D eigenvalue weighted by Crippen LogP contribution is 2.41. The molecule has 3 amide bonds. The van der Waals surface area contributed by atoms with Crippen molar-refractivity contribution >= 4 is 50.1 Å². The number of thiophene rings is 1. The molecule has 1 saturated heterocycles. The molecular weight excluding hydrogens is 506 g/mol. The minimum atomic E-state index is -0.677. The zero-order valence-corrected chi connectivity index (χ0v) is 22.1. The number of nitrogens with one attached hydrogen (secondary N) is 2. The largest absolute Gasteiger partial charge is 0.486 e. The van der Waals surface area contributed by atoms with Gasteiger partial charge in [0.25, 0.3) is 5.91 Å². The highest BCUT2D eigenvalue weighted by molar-refractivity contribution is 7.23. The Bertz CT molecular complexity index is 1420. The van der Waals surface area contributed by atoms with Crippen molar-refractivity contribution in [2.45, 2.75) is 38.2 Å². The van der Waals surface area contributed by atoms with Crippen LogP contribution in [0, 0.1) is 0 Å².